The molecule has 1 atom stereocenters. The van der Waals surface area contributed by atoms with Crippen LogP contribution in [0.4, 0.5) is 4.39 Å². The van der Waals surface area contributed by atoms with Gasteiger partial charge in [-0.05, 0) is 18.6 Å². The molecule has 0 aromatic rings. The van der Waals surface area contributed by atoms with E-state index >= 15 is 0 Å². The van der Waals surface area contributed by atoms with E-state index in [0.29, 0.717) is 5.76 Å². The molecule has 0 saturated heterocycles. The number of rotatable bonds is 2. The van der Waals surface area contributed by atoms with Crippen LogP contribution in [0.25, 0.3) is 0 Å². The Labute approximate surface area is 74.1 Å². The fraction of sp³-hybridized carbons (Fsp3) is 0.500. The highest BCUT2D eigenvalue weighted by molar-refractivity contribution is 9.09. The average molecular weight is 221 g/mol. The van der Waals surface area contributed by atoms with Crippen molar-refractivity contribution in [2.24, 2.45) is 0 Å². The fourth-order valence-electron chi connectivity index (χ4n) is 1.05. The van der Waals surface area contributed by atoms with Crippen LogP contribution < -0.4 is 0 Å². The molecule has 0 bridgehead atoms. The highest BCUT2D eigenvalue weighted by Crippen LogP contribution is 2.30. The van der Waals surface area contributed by atoms with Gasteiger partial charge in [-0.1, -0.05) is 22.0 Å². The summed E-state index contributed by atoms with van der Waals surface area (Å²) in [5.74, 6) is 0.400. The van der Waals surface area contributed by atoms with Crippen molar-refractivity contribution in [2.45, 2.75) is 12.1 Å². The van der Waals surface area contributed by atoms with Crippen LogP contribution in [0.15, 0.2) is 24.0 Å². The van der Waals surface area contributed by atoms with Crippen LogP contribution in [0.3, 0.4) is 0 Å². The van der Waals surface area contributed by atoms with Gasteiger partial charge in [0.05, 0.1) is 7.11 Å². The van der Waals surface area contributed by atoms with Crippen LogP contribution in [0, 0.1) is 0 Å². The molecule has 3 heteroatoms. The number of halogens is 2. The zero-order valence-electron chi connectivity index (χ0n) is 6.31. The summed E-state index contributed by atoms with van der Waals surface area (Å²) in [6.07, 6.45) is 5.83. The third kappa shape index (κ3) is 1.64. The number of methoxy groups -OCH3 is 1. The Hall–Kier alpha value is -0.310. The standard InChI is InChI=1S/C8H10BrFO/c1-11-7-4-2-3-5-8(7,10)6-9/h3-5H,2,6H2,1H3. The minimum atomic E-state index is -1.44. The number of allylic oxidation sites excluding steroid dienone is 3. The molecule has 0 fully saturated rings. The summed E-state index contributed by atoms with van der Waals surface area (Å²) in [7, 11) is 1.49. The molecule has 0 aliphatic heterocycles. The molecule has 0 radical (unpaired) electrons. The van der Waals surface area contributed by atoms with Gasteiger partial charge in [0.15, 0.2) is 5.67 Å². The first-order valence-electron chi connectivity index (χ1n) is 3.40. The largest absolute Gasteiger partial charge is 0.498 e. The van der Waals surface area contributed by atoms with Gasteiger partial charge < -0.3 is 4.74 Å². The summed E-state index contributed by atoms with van der Waals surface area (Å²) < 4.78 is 18.5. The van der Waals surface area contributed by atoms with E-state index in [0.717, 1.165) is 6.42 Å². The van der Waals surface area contributed by atoms with Gasteiger partial charge >= 0.3 is 0 Å². The number of alkyl halides is 2. The molecule has 1 aliphatic carbocycles. The molecule has 1 unspecified atom stereocenters. The topological polar surface area (TPSA) is 9.23 Å². The molecule has 0 N–H and O–H groups in total. The quantitative estimate of drug-likeness (QED) is 0.514. The van der Waals surface area contributed by atoms with Crippen molar-refractivity contribution in [1.82, 2.24) is 0 Å². The first-order valence-corrected chi connectivity index (χ1v) is 4.52. The van der Waals surface area contributed by atoms with Crippen molar-refractivity contribution in [2.75, 3.05) is 12.4 Å². The lowest BCUT2D eigenvalue weighted by Crippen LogP contribution is -2.27. The van der Waals surface area contributed by atoms with E-state index in [1.165, 1.54) is 13.2 Å². The molecule has 1 nitrogen and oxygen atoms in total. The molecule has 0 amide bonds. The maximum absolute atomic E-state index is 13.6. The normalized spacial score (nSPS) is 29.9. The Balaban J connectivity index is 2.83. The van der Waals surface area contributed by atoms with Crippen LogP contribution in [0.1, 0.15) is 6.42 Å². The van der Waals surface area contributed by atoms with Crippen molar-refractivity contribution in [3.63, 3.8) is 0 Å². The minimum absolute atomic E-state index is 0.246. The fourth-order valence-corrected chi connectivity index (χ4v) is 1.51. The minimum Gasteiger partial charge on any atom is -0.498 e. The second kappa shape index (κ2) is 3.39. The van der Waals surface area contributed by atoms with Crippen molar-refractivity contribution < 1.29 is 9.13 Å². The van der Waals surface area contributed by atoms with Gasteiger partial charge in [0.1, 0.15) is 5.76 Å². The number of hydrogen-bond donors (Lipinski definition) is 0. The molecular weight excluding hydrogens is 211 g/mol. The first kappa shape index (κ1) is 8.78. The van der Waals surface area contributed by atoms with Gasteiger partial charge in [-0.25, -0.2) is 4.39 Å². The lowest BCUT2D eigenvalue weighted by atomic mass is 10.00. The van der Waals surface area contributed by atoms with E-state index in [-0.39, 0.29) is 5.33 Å². The lowest BCUT2D eigenvalue weighted by molar-refractivity contribution is 0.166. The van der Waals surface area contributed by atoms with E-state index in [1.54, 1.807) is 12.2 Å². The van der Waals surface area contributed by atoms with Gasteiger partial charge in [0.25, 0.3) is 0 Å². The van der Waals surface area contributed by atoms with Crippen molar-refractivity contribution in [3.8, 4) is 0 Å². The second-order valence-electron chi connectivity index (χ2n) is 2.41. The van der Waals surface area contributed by atoms with Gasteiger partial charge in [0, 0.05) is 5.33 Å². The van der Waals surface area contributed by atoms with E-state index in [2.05, 4.69) is 15.9 Å². The Morgan fingerprint density at radius 2 is 2.55 bits per heavy atom. The zero-order chi connectivity index (χ0) is 8.32. The predicted molar refractivity (Wildman–Crippen MR) is 46.5 cm³/mol. The molecule has 11 heavy (non-hydrogen) atoms. The molecule has 0 aromatic carbocycles. The Morgan fingerprint density at radius 1 is 1.82 bits per heavy atom. The molecule has 1 aliphatic rings. The van der Waals surface area contributed by atoms with Crippen LogP contribution in [0.5, 0.6) is 0 Å². The van der Waals surface area contributed by atoms with Gasteiger partial charge in [-0.3, -0.25) is 0 Å². The Kier molecular flexibility index (Phi) is 2.71. The highest BCUT2D eigenvalue weighted by Gasteiger charge is 2.32. The monoisotopic (exact) mass is 220 g/mol. The lowest BCUT2D eigenvalue weighted by Gasteiger charge is -2.23. The number of hydrogen-bond acceptors (Lipinski definition) is 1. The summed E-state index contributed by atoms with van der Waals surface area (Å²) in [6.45, 7) is 0. The van der Waals surface area contributed by atoms with Crippen LogP contribution in [-0.4, -0.2) is 18.1 Å². The van der Waals surface area contributed by atoms with Crippen molar-refractivity contribution in [1.29, 1.82) is 0 Å². The third-order valence-electron chi connectivity index (χ3n) is 1.65. The average Bonchev–Trinajstić information content (AvgIpc) is 2.05. The summed E-state index contributed by atoms with van der Waals surface area (Å²) in [4.78, 5) is 0. The highest BCUT2D eigenvalue weighted by atomic mass is 79.9. The second-order valence-corrected chi connectivity index (χ2v) is 2.97. The predicted octanol–water partition coefficient (Wildman–Crippen LogP) is 2.58. The number of ether oxygens (including phenoxy) is 1. The van der Waals surface area contributed by atoms with Gasteiger partial charge in [-0.2, -0.15) is 0 Å². The SMILES string of the molecule is COC1=CCC=CC1(F)CBr. The van der Waals surface area contributed by atoms with E-state index < -0.39 is 5.67 Å². The van der Waals surface area contributed by atoms with Crippen LogP contribution in [0.2, 0.25) is 0 Å². The van der Waals surface area contributed by atoms with Crippen molar-refractivity contribution in [3.05, 3.63) is 24.0 Å². The zero-order valence-corrected chi connectivity index (χ0v) is 7.90. The Bertz CT molecular complexity index is 200. The maximum atomic E-state index is 13.6. The molecule has 0 heterocycles. The van der Waals surface area contributed by atoms with Crippen LogP contribution >= 0.6 is 15.9 Å². The summed E-state index contributed by atoms with van der Waals surface area (Å²) >= 11 is 3.10. The van der Waals surface area contributed by atoms with Crippen molar-refractivity contribution >= 4 is 15.9 Å². The molecule has 0 saturated carbocycles. The molecule has 0 aromatic heterocycles. The Morgan fingerprint density at radius 3 is 3.00 bits per heavy atom. The maximum Gasteiger partial charge on any atom is 0.194 e. The molecular formula is C8H10BrFO. The van der Waals surface area contributed by atoms with Gasteiger partial charge in [0.2, 0.25) is 0 Å². The van der Waals surface area contributed by atoms with Crippen LogP contribution in [-0.2, 0) is 4.74 Å². The van der Waals surface area contributed by atoms with Gasteiger partial charge in [-0.15, -0.1) is 0 Å². The molecule has 62 valence electrons. The first-order chi connectivity index (χ1) is 5.23. The molecule has 0 spiro atoms. The summed E-state index contributed by atoms with van der Waals surface area (Å²) in [6, 6.07) is 0. The third-order valence-corrected chi connectivity index (χ3v) is 2.46. The summed E-state index contributed by atoms with van der Waals surface area (Å²) in [5.41, 5.74) is -1.44. The van der Waals surface area contributed by atoms with E-state index in [1.807, 2.05) is 0 Å². The smallest absolute Gasteiger partial charge is 0.194 e. The summed E-state index contributed by atoms with van der Waals surface area (Å²) in [5, 5.41) is 0.246. The molecule has 1 rings (SSSR count). The van der Waals surface area contributed by atoms with E-state index in [4.69, 9.17) is 4.74 Å². The van der Waals surface area contributed by atoms with E-state index in [9.17, 15) is 4.39 Å².